The van der Waals surface area contributed by atoms with Gasteiger partial charge in [-0.15, -0.1) is 23.5 Å². The number of unbranched alkanes of at least 4 members (excludes halogenated alkanes) is 4. The first-order valence-corrected chi connectivity index (χ1v) is 11.0. The maximum atomic E-state index is 12.7. The Morgan fingerprint density at radius 2 is 2.08 bits per heavy atom. The summed E-state index contributed by atoms with van der Waals surface area (Å²) in [5.41, 5.74) is -0.922. The van der Waals surface area contributed by atoms with Crippen LogP contribution in [0.4, 0.5) is 0 Å². The van der Waals surface area contributed by atoms with Gasteiger partial charge in [-0.1, -0.05) is 39.5 Å². The molecule has 2 aliphatic rings. The Bertz CT molecular complexity index is 473. The third-order valence-electron chi connectivity index (χ3n) is 4.37. The van der Waals surface area contributed by atoms with Gasteiger partial charge >= 0.3 is 0 Å². The van der Waals surface area contributed by atoms with Crippen LogP contribution in [0.2, 0.25) is 0 Å². The monoisotopic (exact) mass is 371 g/mol. The molecule has 0 radical (unpaired) electrons. The van der Waals surface area contributed by atoms with Gasteiger partial charge in [0.2, 0.25) is 12.1 Å². The maximum Gasteiger partial charge on any atom is 0.271 e. The molecule has 136 valence electrons. The van der Waals surface area contributed by atoms with E-state index in [-0.39, 0.29) is 11.3 Å². The van der Waals surface area contributed by atoms with E-state index in [0.717, 1.165) is 37.3 Å². The summed E-state index contributed by atoms with van der Waals surface area (Å²) in [5.74, 6) is 1.97. The number of carbonyl (C=O) groups excluding carboxylic acids is 2. The normalized spacial score (nSPS) is 25.8. The van der Waals surface area contributed by atoms with Gasteiger partial charge in [0.05, 0.1) is 0 Å². The fraction of sp³-hybridized carbons (Fsp3) is 0.765. The Balaban J connectivity index is 1.92. The van der Waals surface area contributed by atoms with E-state index in [1.54, 1.807) is 16.7 Å². The zero-order valence-corrected chi connectivity index (χ0v) is 16.3. The lowest BCUT2D eigenvalue weighted by molar-refractivity contribution is -0.155. The molecular formula is C17H29N3O2S2. The summed E-state index contributed by atoms with van der Waals surface area (Å²) in [6.45, 7) is 5.10. The van der Waals surface area contributed by atoms with Gasteiger partial charge in [-0.3, -0.25) is 19.8 Å². The zero-order chi connectivity index (χ0) is 17.4. The quantitative estimate of drug-likeness (QED) is 0.239. The molecule has 0 aliphatic carbocycles. The van der Waals surface area contributed by atoms with Crippen LogP contribution in [0.15, 0.2) is 11.1 Å². The standard InChI is InChI=1S/C17H29N3O2S2/c1-3-5-7-9-18-17(19-13-21)15(22)20-11-14(12-24-16(17)20)23-10-8-6-4-2/h11,13,16,18H,3-10,12H2,1-2H3,(H,19,21)/t16-,17+/m1/s1. The number of nitrogens with zero attached hydrogens (tertiary/aromatic N) is 1. The van der Waals surface area contributed by atoms with Crippen LogP contribution >= 0.6 is 23.5 Å². The lowest BCUT2D eigenvalue weighted by Gasteiger charge is -2.55. The third kappa shape index (κ3) is 4.29. The average Bonchev–Trinajstić information content (AvgIpc) is 2.61. The fourth-order valence-corrected chi connectivity index (χ4v) is 5.53. The number of nitrogens with one attached hydrogen (secondary N) is 2. The van der Waals surface area contributed by atoms with Crippen LogP contribution < -0.4 is 10.6 Å². The van der Waals surface area contributed by atoms with Crippen molar-refractivity contribution in [1.82, 2.24) is 15.5 Å². The van der Waals surface area contributed by atoms with Gasteiger partial charge in [-0.25, -0.2) is 0 Å². The molecular weight excluding hydrogens is 342 g/mol. The summed E-state index contributed by atoms with van der Waals surface area (Å²) in [5, 5.41) is 6.01. The first-order valence-electron chi connectivity index (χ1n) is 8.93. The first kappa shape index (κ1) is 19.7. The topological polar surface area (TPSA) is 61.4 Å². The van der Waals surface area contributed by atoms with E-state index >= 15 is 0 Å². The second-order valence-corrected chi connectivity index (χ2v) is 8.52. The van der Waals surface area contributed by atoms with Crippen LogP contribution in [0.3, 0.4) is 0 Å². The van der Waals surface area contributed by atoms with Gasteiger partial charge in [0.1, 0.15) is 5.37 Å². The highest BCUT2D eigenvalue weighted by atomic mass is 32.2. The number of thioether (sulfide) groups is 2. The lowest BCUT2D eigenvalue weighted by Crippen LogP contribution is -2.83. The summed E-state index contributed by atoms with van der Waals surface area (Å²) in [6.07, 6.45) is 9.60. The average molecular weight is 372 g/mol. The maximum absolute atomic E-state index is 12.7. The highest BCUT2D eigenvalue weighted by Gasteiger charge is 2.61. The molecule has 2 rings (SSSR count). The van der Waals surface area contributed by atoms with E-state index in [1.807, 2.05) is 18.0 Å². The van der Waals surface area contributed by atoms with E-state index in [9.17, 15) is 9.59 Å². The molecule has 2 N–H and O–H groups in total. The van der Waals surface area contributed by atoms with Crippen molar-refractivity contribution in [3.8, 4) is 0 Å². The number of β-lactam (4-membered cyclic amide) rings is 1. The second kappa shape index (κ2) is 9.73. The predicted molar refractivity (Wildman–Crippen MR) is 103 cm³/mol. The van der Waals surface area contributed by atoms with Crippen molar-refractivity contribution in [3.63, 3.8) is 0 Å². The largest absolute Gasteiger partial charge is 0.330 e. The Morgan fingerprint density at radius 1 is 1.33 bits per heavy atom. The number of carbonyl (C=O) groups is 2. The summed E-state index contributed by atoms with van der Waals surface area (Å²) in [4.78, 5) is 26.7. The molecule has 24 heavy (non-hydrogen) atoms. The fourth-order valence-electron chi connectivity index (χ4n) is 2.98. The van der Waals surface area contributed by atoms with Gasteiger partial charge < -0.3 is 5.32 Å². The van der Waals surface area contributed by atoms with Gasteiger partial charge in [-0.2, -0.15) is 0 Å². The van der Waals surface area contributed by atoms with Crippen LogP contribution in [0.25, 0.3) is 0 Å². The van der Waals surface area contributed by atoms with Crippen molar-refractivity contribution in [2.45, 2.75) is 63.4 Å². The molecule has 7 heteroatoms. The predicted octanol–water partition coefficient (Wildman–Crippen LogP) is 2.89. The molecule has 5 nitrogen and oxygen atoms in total. The third-order valence-corrected chi connectivity index (χ3v) is 7.04. The van der Waals surface area contributed by atoms with Crippen LogP contribution in [0.1, 0.15) is 52.4 Å². The number of amides is 2. The number of fused-ring (bicyclic) bond motifs is 1. The van der Waals surface area contributed by atoms with Crippen LogP contribution in [0.5, 0.6) is 0 Å². The minimum absolute atomic E-state index is 0.0446. The summed E-state index contributed by atoms with van der Waals surface area (Å²) in [6, 6.07) is 0. The van der Waals surface area contributed by atoms with E-state index in [1.165, 1.54) is 24.2 Å². The van der Waals surface area contributed by atoms with Crippen molar-refractivity contribution in [2.75, 3.05) is 18.1 Å². The smallest absolute Gasteiger partial charge is 0.271 e. The van der Waals surface area contributed by atoms with Crippen molar-refractivity contribution >= 4 is 35.8 Å². The minimum Gasteiger partial charge on any atom is -0.330 e. The molecule has 2 heterocycles. The summed E-state index contributed by atoms with van der Waals surface area (Å²) >= 11 is 3.58. The molecule has 2 aliphatic heterocycles. The van der Waals surface area contributed by atoms with Gasteiger partial charge in [0.15, 0.2) is 0 Å². The molecule has 1 fully saturated rings. The van der Waals surface area contributed by atoms with E-state index in [2.05, 4.69) is 24.5 Å². The molecule has 0 bridgehead atoms. The van der Waals surface area contributed by atoms with Gasteiger partial charge in [-0.05, 0) is 25.1 Å². The van der Waals surface area contributed by atoms with Gasteiger partial charge in [0.25, 0.3) is 5.91 Å². The molecule has 0 aromatic carbocycles. The molecule has 2 atom stereocenters. The number of rotatable bonds is 12. The van der Waals surface area contributed by atoms with E-state index in [0.29, 0.717) is 6.41 Å². The molecule has 0 unspecified atom stereocenters. The SMILES string of the molecule is CCCCCN[C@]1(NC=O)C(=O)N2C=C(SCCCCC)CS[C@@H]21. The Hall–Kier alpha value is -0.660. The molecule has 0 aromatic rings. The lowest BCUT2D eigenvalue weighted by atomic mass is 9.98. The molecule has 0 spiro atoms. The molecule has 0 saturated carbocycles. The van der Waals surface area contributed by atoms with Gasteiger partial charge in [0, 0.05) is 16.9 Å². The minimum atomic E-state index is -0.922. The van der Waals surface area contributed by atoms with Crippen LogP contribution in [0, 0.1) is 0 Å². The Kier molecular flexibility index (Phi) is 7.97. The molecule has 0 aromatic heterocycles. The summed E-state index contributed by atoms with van der Waals surface area (Å²) < 4.78 is 0. The number of hydrogen-bond acceptors (Lipinski definition) is 5. The first-order chi connectivity index (χ1) is 11.7. The zero-order valence-electron chi connectivity index (χ0n) is 14.7. The second-order valence-electron chi connectivity index (χ2n) is 6.23. The molecule has 1 saturated heterocycles. The van der Waals surface area contributed by atoms with Crippen molar-refractivity contribution in [3.05, 3.63) is 11.1 Å². The Labute approximate surface area is 153 Å². The van der Waals surface area contributed by atoms with Crippen LogP contribution in [-0.2, 0) is 9.59 Å². The summed E-state index contributed by atoms with van der Waals surface area (Å²) in [7, 11) is 0. The van der Waals surface area contributed by atoms with E-state index in [4.69, 9.17) is 0 Å². The van der Waals surface area contributed by atoms with Crippen molar-refractivity contribution < 1.29 is 9.59 Å². The van der Waals surface area contributed by atoms with E-state index < -0.39 is 5.66 Å². The highest BCUT2D eigenvalue weighted by Crippen LogP contribution is 2.43. The number of hydrogen-bond donors (Lipinski definition) is 2. The molecule has 2 amide bonds. The Morgan fingerprint density at radius 3 is 2.79 bits per heavy atom. The van der Waals surface area contributed by atoms with Crippen molar-refractivity contribution in [2.24, 2.45) is 0 Å². The highest BCUT2D eigenvalue weighted by molar-refractivity contribution is 8.06. The van der Waals surface area contributed by atoms with Crippen LogP contribution in [-0.4, -0.2) is 46.3 Å². The van der Waals surface area contributed by atoms with Crippen molar-refractivity contribution in [1.29, 1.82) is 0 Å².